The molecule has 8 heteroatoms. The van der Waals surface area contributed by atoms with Crippen LogP contribution in [-0.2, 0) is 11.0 Å². The maximum atomic E-state index is 13.3. The van der Waals surface area contributed by atoms with Crippen molar-refractivity contribution in [3.63, 3.8) is 0 Å². The van der Waals surface area contributed by atoms with E-state index in [4.69, 9.17) is 5.73 Å². The zero-order chi connectivity index (χ0) is 25.2. The second kappa shape index (κ2) is 9.42. The fourth-order valence-corrected chi connectivity index (χ4v) is 3.61. The van der Waals surface area contributed by atoms with Gasteiger partial charge >= 0.3 is 6.18 Å². The van der Waals surface area contributed by atoms with Crippen LogP contribution >= 0.6 is 0 Å². The molecule has 4 aromatic rings. The molecule has 3 N–H and O–H groups in total. The maximum absolute atomic E-state index is 13.3. The molecule has 0 fully saturated rings. The molecule has 3 aromatic carbocycles. The molecule has 0 spiro atoms. The first-order valence-corrected chi connectivity index (χ1v) is 10.6. The zero-order valence-corrected chi connectivity index (χ0v) is 18.6. The van der Waals surface area contributed by atoms with Gasteiger partial charge in [-0.05, 0) is 72.7 Å². The number of nitrogens with zero attached hydrogens (tertiary/aromatic N) is 1. The average molecular weight is 475 g/mol. The number of aromatic nitrogens is 1. The van der Waals surface area contributed by atoms with Gasteiger partial charge in [0, 0.05) is 28.4 Å². The number of ketones is 1. The van der Waals surface area contributed by atoms with E-state index < -0.39 is 17.6 Å². The third-order valence-electron chi connectivity index (χ3n) is 5.36. The van der Waals surface area contributed by atoms with Gasteiger partial charge in [-0.2, -0.15) is 13.2 Å². The van der Waals surface area contributed by atoms with Gasteiger partial charge in [0.25, 0.3) is 0 Å². The number of nitrogens with one attached hydrogen (secondary N) is 1. The number of nitrogens with two attached hydrogens (primary N) is 1. The summed E-state index contributed by atoms with van der Waals surface area (Å²) < 4.78 is 39.8. The summed E-state index contributed by atoms with van der Waals surface area (Å²) in [7, 11) is 0. The fraction of sp³-hybridized carbons (Fsp3) is 0.0741. The van der Waals surface area contributed by atoms with E-state index in [0.29, 0.717) is 27.7 Å². The summed E-state index contributed by atoms with van der Waals surface area (Å²) in [5.74, 6) is -0.716. The molecule has 1 amide bonds. The van der Waals surface area contributed by atoms with Crippen LogP contribution in [0.1, 0.15) is 28.4 Å². The van der Waals surface area contributed by atoms with Crippen molar-refractivity contribution < 1.29 is 22.8 Å². The molecular formula is C27H20F3N3O2. The third kappa shape index (κ3) is 5.38. The SMILES string of the molecule is CC(=O)/C=C/c1cnc2ccc(-c3ccc(C(N)=O)cc3)cc2c1Nc1cccc(C(F)(F)F)c1. The Hall–Kier alpha value is -4.46. The van der Waals surface area contributed by atoms with Crippen LogP contribution in [0.4, 0.5) is 24.5 Å². The van der Waals surface area contributed by atoms with Crippen LogP contribution in [0.25, 0.3) is 28.1 Å². The number of fused-ring (bicyclic) bond motifs is 1. The summed E-state index contributed by atoms with van der Waals surface area (Å²) in [5, 5.41) is 3.73. The maximum Gasteiger partial charge on any atom is 0.416 e. The van der Waals surface area contributed by atoms with E-state index in [9.17, 15) is 22.8 Å². The Labute approximate surface area is 199 Å². The minimum Gasteiger partial charge on any atom is -0.366 e. The van der Waals surface area contributed by atoms with Gasteiger partial charge in [-0.3, -0.25) is 14.6 Å². The number of alkyl halides is 3. The lowest BCUT2D eigenvalue weighted by atomic mass is 9.99. The number of allylic oxidation sites excluding steroid dienone is 1. The molecule has 4 rings (SSSR count). The lowest BCUT2D eigenvalue weighted by Crippen LogP contribution is -2.10. The van der Waals surface area contributed by atoms with E-state index in [0.717, 1.165) is 23.3 Å². The summed E-state index contributed by atoms with van der Waals surface area (Å²) in [4.78, 5) is 27.4. The van der Waals surface area contributed by atoms with Gasteiger partial charge in [0.2, 0.25) is 5.91 Å². The Morgan fingerprint density at radius 1 is 0.971 bits per heavy atom. The van der Waals surface area contributed by atoms with Crippen molar-refractivity contribution in [2.75, 3.05) is 5.32 Å². The van der Waals surface area contributed by atoms with Gasteiger partial charge in [-0.25, -0.2) is 0 Å². The van der Waals surface area contributed by atoms with E-state index in [1.807, 2.05) is 12.1 Å². The Kier molecular flexibility index (Phi) is 6.38. The molecule has 0 bridgehead atoms. The number of amides is 1. The molecule has 1 heterocycles. The minimum absolute atomic E-state index is 0.182. The van der Waals surface area contributed by atoms with Gasteiger partial charge < -0.3 is 11.1 Å². The van der Waals surface area contributed by atoms with Gasteiger partial charge in [-0.15, -0.1) is 0 Å². The van der Waals surface area contributed by atoms with E-state index in [2.05, 4.69) is 10.3 Å². The lowest BCUT2D eigenvalue weighted by molar-refractivity contribution is -0.137. The first-order chi connectivity index (χ1) is 16.6. The molecule has 0 atom stereocenters. The van der Waals surface area contributed by atoms with Gasteiger partial charge in [0.1, 0.15) is 0 Å². The number of carbonyl (C=O) groups excluding carboxylic acids is 2. The molecule has 0 unspecified atom stereocenters. The molecule has 0 saturated carbocycles. The molecule has 0 radical (unpaired) electrons. The molecule has 0 aliphatic carbocycles. The van der Waals surface area contributed by atoms with Crippen LogP contribution in [0.3, 0.4) is 0 Å². The third-order valence-corrected chi connectivity index (χ3v) is 5.36. The normalized spacial score (nSPS) is 11.7. The van der Waals surface area contributed by atoms with Crippen molar-refractivity contribution in [3.8, 4) is 11.1 Å². The van der Waals surface area contributed by atoms with Crippen molar-refractivity contribution in [2.45, 2.75) is 13.1 Å². The topological polar surface area (TPSA) is 85.1 Å². The number of rotatable bonds is 6. The van der Waals surface area contributed by atoms with Crippen LogP contribution in [0.2, 0.25) is 0 Å². The first kappa shape index (κ1) is 23.7. The van der Waals surface area contributed by atoms with E-state index in [1.165, 1.54) is 25.1 Å². The van der Waals surface area contributed by atoms with E-state index in [1.54, 1.807) is 42.6 Å². The van der Waals surface area contributed by atoms with Crippen LogP contribution in [-0.4, -0.2) is 16.7 Å². The summed E-state index contributed by atoms with van der Waals surface area (Å²) in [6, 6.07) is 17.1. The van der Waals surface area contributed by atoms with Crippen molar-refractivity contribution >= 4 is 40.0 Å². The van der Waals surface area contributed by atoms with Gasteiger partial charge in [0.15, 0.2) is 5.78 Å². The molecule has 0 saturated heterocycles. The number of halogens is 3. The monoisotopic (exact) mass is 475 g/mol. The number of hydrogen-bond donors (Lipinski definition) is 2. The fourth-order valence-electron chi connectivity index (χ4n) is 3.61. The van der Waals surface area contributed by atoms with Crippen LogP contribution in [0.5, 0.6) is 0 Å². The smallest absolute Gasteiger partial charge is 0.366 e. The predicted octanol–water partition coefficient (Wildman–Crippen LogP) is 6.37. The molecular weight excluding hydrogens is 455 g/mol. The highest BCUT2D eigenvalue weighted by molar-refractivity contribution is 6.01. The highest BCUT2D eigenvalue weighted by Gasteiger charge is 2.30. The van der Waals surface area contributed by atoms with Crippen molar-refractivity contribution in [1.82, 2.24) is 4.98 Å². The Morgan fingerprint density at radius 3 is 2.34 bits per heavy atom. The molecule has 0 aliphatic heterocycles. The minimum atomic E-state index is -4.49. The van der Waals surface area contributed by atoms with Gasteiger partial charge in [-0.1, -0.05) is 24.3 Å². The highest BCUT2D eigenvalue weighted by Crippen LogP contribution is 2.35. The number of carbonyl (C=O) groups is 2. The molecule has 0 aliphatic rings. The van der Waals surface area contributed by atoms with E-state index >= 15 is 0 Å². The summed E-state index contributed by atoms with van der Waals surface area (Å²) >= 11 is 0. The number of pyridine rings is 1. The number of hydrogen-bond acceptors (Lipinski definition) is 4. The second-order valence-corrected chi connectivity index (χ2v) is 7.91. The quantitative estimate of drug-likeness (QED) is 0.318. The molecule has 35 heavy (non-hydrogen) atoms. The van der Waals surface area contributed by atoms with Crippen LogP contribution in [0.15, 0.2) is 79.0 Å². The lowest BCUT2D eigenvalue weighted by Gasteiger charge is -2.15. The van der Waals surface area contributed by atoms with E-state index in [-0.39, 0.29) is 11.5 Å². The Morgan fingerprint density at radius 2 is 1.69 bits per heavy atom. The van der Waals surface area contributed by atoms with Crippen molar-refractivity contribution in [2.24, 2.45) is 5.73 Å². The standard InChI is InChI=1S/C27H20F3N3O2/c1-16(34)5-6-20-15-32-24-12-11-19(17-7-9-18(10-8-17)26(31)35)13-23(24)25(20)33-22-4-2-3-21(14-22)27(28,29)30/h2-15H,1H3,(H2,31,35)(H,32,33)/b6-5+. The first-order valence-electron chi connectivity index (χ1n) is 10.6. The van der Waals surface area contributed by atoms with Gasteiger partial charge in [0.05, 0.1) is 16.8 Å². The Bertz CT molecular complexity index is 1460. The summed E-state index contributed by atoms with van der Waals surface area (Å²) in [6.45, 7) is 1.40. The largest absolute Gasteiger partial charge is 0.416 e. The number of benzene rings is 3. The van der Waals surface area contributed by atoms with Crippen LogP contribution in [0, 0.1) is 0 Å². The summed E-state index contributed by atoms with van der Waals surface area (Å²) in [6.07, 6.45) is 0.00423. The highest BCUT2D eigenvalue weighted by atomic mass is 19.4. The second-order valence-electron chi connectivity index (χ2n) is 7.91. The number of anilines is 2. The number of primary amides is 1. The van der Waals surface area contributed by atoms with Crippen molar-refractivity contribution in [3.05, 3.63) is 95.7 Å². The van der Waals surface area contributed by atoms with Crippen LogP contribution < -0.4 is 11.1 Å². The molecule has 1 aromatic heterocycles. The summed E-state index contributed by atoms with van der Waals surface area (Å²) in [5.41, 5.74) is 8.41. The van der Waals surface area contributed by atoms with Crippen molar-refractivity contribution in [1.29, 1.82) is 0 Å². The Balaban J connectivity index is 1.86. The molecule has 5 nitrogen and oxygen atoms in total. The average Bonchev–Trinajstić information content (AvgIpc) is 2.83. The zero-order valence-electron chi connectivity index (χ0n) is 18.6. The predicted molar refractivity (Wildman–Crippen MR) is 130 cm³/mol. The molecule has 176 valence electrons.